The molecule has 0 heterocycles. The van der Waals surface area contributed by atoms with Crippen LogP contribution in [0.15, 0.2) is 60.7 Å². The van der Waals surface area contributed by atoms with Gasteiger partial charge in [0.15, 0.2) is 0 Å². The molecule has 0 aliphatic rings. The maximum absolute atomic E-state index is 11.6. The summed E-state index contributed by atoms with van der Waals surface area (Å²) in [5.41, 5.74) is 1.90. The summed E-state index contributed by atoms with van der Waals surface area (Å²) in [7, 11) is 1.61. The number of rotatable bonds is 3. The van der Waals surface area contributed by atoms with E-state index in [0.29, 0.717) is 5.56 Å². The lowest BCUT2D eigenvalue weighted by Gasteiger charge is -2.13. The Kier molecular flexibility index (Phi) is 3.32. The molecule has 3 nitrogen and oxygen atoms in total. The van der Waals surface area contributed by atoms with Crippen molar-refractivity contribution in [3.63, 3.8) is 0 Å². The summed E-state index contributed by atoms with van der Waals surface area (Å²) in [4.78, 5) is 11.6. The molecule has 0 radical (unpaired) electrons. The fourth-order valence-corrected chi connectivity index (χ4v) is 2.60. The number of fused-ring (bicyclic) bond motifs is 1. The third-order valence-corrected chi connectivity index (χ3v) is 3.53. The Bertz CT molecular complexity index is 807. The molecule has 0 fully saturated rings. The van der Waals surface area contributed by atoms with Crippen molar-refractivity contribution >= 4 is 16.7 Å². The van der Waals surface area contributed by atoms with Crippen LogP contribution >= 0.6 is 0 Å². The van der Waals surface area contributed by atoms with Crippen LogP contribution in [-0.2, 0) is 0 Å². The highest BCUT2D eigenvalue weighted by Crippen LogP contribution is 2.36. The number of aromatic carboxylic acids is 1. The Hall–Kier alpha value is -2.81. The van der Waals surface area contributed by atoms with E-state index in [0.717, 1.165) is 27.6 Å². The van der Waals surface area contributed by atoms with E-state index in [-0.39, 0.29) is 0 Å². The monoisotopic (exact) mass is 278 g/mol. The molecule has 0 aliphatic carbocycles. The summed E-state index contributed by atoms with van der Waals surface area (Å²) in [5.74, 6) is -0.194. The molecule has 1 N–H and O–H groups in total. The van der Waals surface area contributed by atoms with Crippen molar-refractivity contribution in [1.82, 2.24) is 0 Å². The third kappa shape index (κ3) is 2.23. The Morgan fingerprint density at radius 3 is 2.33 bits per heavy atom. The molecule has 0 unspecified atom stereocenters. The van der Waals surface area contributed by atoms with Gasteiger partial charge in [0.1, 0.15) is 5.75 Å². The lowest BCUT2D eigenvalue weighted by atomic mass is 9.93. The molecule has 3 heteroatoms. The van der Waals surface area contributed by atoms with Crippen LogP contribution in [-0.4, -0.2) is 18.2 Å². The quantitative estimate of drug-likeness (QED) is 0.780. The molecule has 0 atom stereocenters. The molecule has 3 rings (SSSR count). The first kappa shape index (κ1) is 13.2. The largest absolute Gasteiger partial charge is 0.496 e. The average Bonchev–Trinajstić information content (AvgIpc) is 2.53. The number of benzene rings is 3. The number of hydrogen-bond donors (Lipinski definition) is 1. The summed E-state index contributed by atoms with van der Waals surface area (Å²) in [6.07, 6.45) is 0. The van der Waals surface area contributed by atoms with Crippen molar-refractivity contribution in [1.29, 1.82) is 0 Å². The molecule has 0 saturated heterocycles. The van der Waals surface area contributed by atoms with Crippen molar-refractivity contribution in [2.45, 2.75) is 0 Å². The van der Waals surface area contributed by atoms with Crippen LogP contribution in [0.4, 0.5) is 0 Å². The molecule has 0 spiro atoms. The standard InChI is InChI=1S/C18H14O3/c1-21-16-9-5-8-14-13(16)10-11-15(18(19)20)17(14)12-6-3-2-4-7-12/h2-11H,1H3,(H,19,20). The van der Waals surface area contributed by atoms with Gasteiger partial charge >= 0.3 is 5.97 Å². The summed E-state index contributed by atoms with van der Waals surface area (Å²) < 4.78 is 5.37. The Balaban J connectivity index is 2.43. The number of methoxy groups -OCH3 is 1. The maximum atomic E-state index is 11.6. The minimum atomic E-state index is -0.932. The molecule has 0 aliphatic heterocycles. The fourth-order valence-electron chi connectivity index (χ4n) is 2.60. The number of carboxylic acids is 1. The molecular weight excluding hydrogens is 264 g/mol. The van der Waals surface area contributed by atoms with E-state index in [1.165, 1.54) is 0 Å². The van der Waals surface area contributed by atoms with Gasteiger partial charge in [-0.05, 0) is 29.1 Å². The van der Waals surface area contributed by atoms with Gasteiger partial charge in [-0.1, -0.05) is 42.5 Å². The second-order valence-electron chi connectivity index (χ2n) is 4.71. The Morgan fingerprint density at radius 2 is 1.67 bits per heavy atom. The van der Waals surface area contributed by atoms with Gasteiger partial charge in [-0.3, -0.25) is 0 Å². The van der Waals surface area contributed by atoms with Gasteiger partial charge in [-0.25, -0.2) is 4.79 Å². The van der Waals surface area contributed by atoms with E-state index < -0.39 is 5.97 Å². The second kappa shape index (κ2) is 5.29. The van der Waals surface area contributed by atoms with Crippen molar-refractivity contribution in [2.24, 2.45) is 0 Å². The van der Waals surface area contributed by atoms with Crippen LogP contribution < -0.4 is 4.74 Å². The number of ether oxygens (including phenoxy) is 1. The first-order valence-corrected chi connectivity index (χ1v) is 6.61. The molecule has 104 valence electrons. The molecule has 0 amide bonds. The normalized spacial score (nSPS) is 10.5. The summed E-state index contributed by atoms with van der Waals surface area (Å²) in [5, 5.41) is 11.3. The zero-order valence-electron chi connectivity index (χ0n) is 11.5. The minimum absolute atomic E-state index is 0.293. The smallest absolute Gasteiger partial charge is 0.336 e. The Labute approximate surface area is 122 Å². The van der Waals surface area contributed by atoms with Gasteiger partial charge < -0.3 is 9.84 Å². The van der Waals surface area contributed by atoms with Crippen LogP contribution in [0.25, 0.3) is 21.9 Å². The first-order chi connectivity index (χ1) is 10.2. The Morgan fingerprint density at radius 1 is 0.905 bits per heavy atom. The van der Waals surface area contributed by atoms with Gasteiger partial charge in [0.2, 0.25) is 0 Å². The second-order valence-corrected chi connectivity index (χ2v) is 4.71. The topological polar surface area (TPSA) is 46.5 Å². The van der Waals surface area contributed by atoms with Crippen molar-refractivity contribution < 1.29 is 14.6 Å². The molecule has 3 aromatic rings. The molecule has 0 bridgehead atoms. The van der Waals surface area contributed by atoms with E-state index in [9.17, 15) is 9.90 Å². The maximum Gasteiger partial charge on any atom is 0.336 e. The van der Waals surface area contributed by atoms with Crippen LogP contribution in [0.1, 0.15) is 10.4 Å². The molecular formula is C18H14O3. The van der Waals surface area contributed by atoms with E-state index in [1.54, 1.807) is 19.2 Å². The lowest BCUT2D eigenvalue weighted by Crippen LogP contribution is -2.00. The van der Waals surface area contributed by atoms with E-state index >= 15 is 0 Å². The van der Waals surface area contributed by atoms with Crippen LogP contribution in [0.3, 0.4) is 0 Å². The molecule has 3 aromatic carbocycles. The van der Waals surface area contributed by atoms with E-state index in [2.05, 4.69) is 0 Å². The van der Waals surface area contributed by atoms with E-state index in [4.69, 9.17) is 4.74 Å². The molecule has 21 heavy (non-hydrogen) atoms. The lowest BCUT2D eigenvalue weighted by molar-refractivity contribution is 0.0698. The number of carboxylic acid groups (broad SMARTS) is 1. The number of hydrogen-bond acceptors (Lipinski definition) is 2. The van der Waals surface area contributed by atoms with Gasteiger partial charge in [-0.15, -0.1) is 0 Å². The highest BCUT2D eigenvalue weighted by molar-refractivity contribution is 6.09. The molecule has 0 aromatic heterocycles. The number of carbonyl (C=O) groups is 1. The predicted molar refractivity (Wildman–Crippen MR) is 82.9 cm³/mol. The van der Waals surface area contributed by atoms with Gasteiger partial charge in [0.05, 0.1) is 12.7 Å². The van der Waals surface area contributed by atoms with Gasteiger partial charge in [-0.2, -0.15) is 0 Å². The third-order valence-electron chi connectivity index (χ3n) is 3.53. The fraction of sp³-hybridized carbons (Fsp3) is 0.0556. The van der Waals surface area contributed by atoms with Crippen LogP contribution in [0, 0.1) is 0 Å². The van der Waals surface area contributed by atoms with Gasteiger partial charge in [0.25, 0.3) is 0 Å². The summed E-state index contributed by atoms with van der Waals surface area (Å²) in [6.45, 7) is 0. The van der Waals surface area contributed by atoms with E-state index in [1.807, 2.05) is 48.5 Å². The average molecular weight is 278 g/mol. The minimum Gasteiger partial charge on any atom is -0.496 e. The van der Waals surface area contributed by atoms with Crippen LogP contribution in [0.5, 0.6) is 5.75 Å². The van der Waals surface area contributed by atoms with Gasteiger partial charge in [0, 0.05) is 10.9 Å². The van der Waals surface area contributed by atoms with Crippen molar-refractivity contribution in [3.05, 3.63) is 66.2 Å². The van der Waals surface area contributed by atoms with Crippen molar-refractivity contribution in [3.8, 4) is 16.9 Å². The summed E-state index contributed by atoms with van der Waals surface area (Å²) in [6, 6.07) is 18.7. The zero-order valence-corrected chi connectivity index (χ0v) is 11.5. The first-order valence-electron chi connectivity index (χ1n) is 6.61. The SMILES string of the molecule is COc1cccc2c(-c3ccccc3)c(C(=O)O)ccc12. The zero-order chi connectivity index (χ0) is 14.8. The summed E-state index contributed by atoms with van der Waals surface area (Å²) >= 11 is 0. The van der Waals surface area contributed by atoms with Crippen molar-refractivity contribution in [2.75, 3.05) is 7.11 Å². The predicted octanol–water partition coefficient (Wildman–Crippen LogP) is 4.21. The van der Waals surface area contributed by atoms with Crippen LogP contribution in [0.2, 0.25) is 0 Å². The highest BCUT2D eigenvalue weighted by atomic mass is 16.5. The highest BCUT2D eigenvalue weighted by Gasteiger charge is 2.16. The molecule has 0 saturated carbocycles.